The number of halogens is 1. The van der Waals surface area contributed by atoms with Crippen molar-refractivity contribution in [2.45, 2.75) is 76.2 Å². The summed E-state index contributed by atoms with van der Waals surface area (Å²) in [7, 11) is 0. The van der Waals surface area contributed by atoms with Crippen molar-refractivity contribution in [1.82, 2.24) is 0 Å². The Labute approximate surface area is 170 Å². The molecule has 0 heterocycles. The summed E-state index contributed by atoms with van der Waals surface area (Å²) >= 11 is 2.37. The van der Waals surface area contributed by atoms with Gasteiger partial charge in [0, 0.05) is 12.3 Å². The summed E-state index contributed by atoms with van der Waals surface area (Å²) in [5.41, 5.74) is 1.72. The van der Waals surface area contributed by atoms with Gasteiger partial charge < -0.3 is 4.74 Å². The van der Waals surface area contributed by atoms with Crippen molar-refractivity contribution in [2.24, 2.45) is 34.5 Å². The molecule has 4 aliphatic carbocycles. The van der Waals surface area contributed by atoms with Crippen molar-refractivity contribution in [1.29, 1.82) is 0 Å². The quantitative estimate of drug-likeness (QED) is 0.304. The Morgan fingerprint density at radius 2 is 1.92 bits per heavy atom. The SMILES string of the molecule is CC(=O)O[C@H]1CC[C@H]2[C@@H]3CCC4=CC(=O)C(I)[C@H](C)[C@]4(C)[C@H]3CC[C@]12C. The van der Waals surface area contributed by atoms with Gasteiger partial charge in [0.25, 0.3) is 0 Å². The highest BCUT2D eigenvalue weighted by atomic mass is 127. The first-order valence-electron chi connectivity index (χ1n) is 10.3. The van der Waals surface area contributed by atoms with E-state index in [1.165, 1.54) is 24.8 Å². The van der Waals surface area contributed by atoms with Crippen LogP contribution in [0.25, 0.3) is 0 Å². The van der Waals surface area contributed by atoms with Crippen LogP contribution in [-0.2, 0) is 14.3 Å². The number of hydrogen-bond acceptors (Lipinski definition) is 3. The lowest BCUT2D eigenvalue weighted by atomic mass is 9.45. The van der Waals surface area contributed by atoms with E-state index in [4.69, 9.17) is 4.74 Å². The number of alkyl halides is 1. The van der Waals surface area contributed by atoms with Gasteiger partial charge in [0.1, 0.15) is 6.10 Å². The van der Waals surface area contributed by atoms with Gasteiger partial charge in [-0.3, -0.25) is 9.59 Å². The van der Waals surface area contributed by atoms with E-state index in [1.54, 1.807) is 6.92 Å². The smallest absolute Gasteiger partial charge is 0.302 e. The fourth-order valence-corrected chi connectivity index (χ4v) is 8.20. The highest BCUT2D eigenvalue weighted by molar-refractivity contribution is 14.1. The molecule has 0 aliphatic heterocycles. The summed E-state index contributed by atoms with van der Waals surface area (Å²) < 4.78 is 5.85. The maximum absolute atomic E-state index is 12.4. The van der Waals surface area contributed by atoms with Gasteiger partial charge in [-0.25, -0.2) is 0 Å². The average molecular weight is 470 g/mol. The first kappa shape index (κ1) is 18.9. The molecule has 8 atom stereocenters. The standard InChI is InChI=1S/C22H31IO3/c1-12-20(23)18(25)11-14-5-6-15-16-7-8-19(26-13(2)24)21(16,3)10-9-17(15)22(12,14)4/h11-12,15-17,19-20H,5-10H2,1-4H3/t12-,15-,16-,17-,19-,20?,21-,22-/m0/s1. The second kappa shape index (κ2) is 6.31. The highest BCUT2D eigenvalue weighted by Crippen LogP contribution is 2.66. The van der Waals surface area contributed by atoms with Gasteiger partial charge in [-0.2, -0.15) is 0 Å². The summed E-state index contributed by atoms with van der Waals surface area (Å²) in [5.74, 6) is 2.61. The van der Waals surface area contributed by atoms with Gasteiger partial charge >= 0.3 is 5.97 Å². The molecule has 0 saturated heterocycles. The van der Waals surface area contributed by atoms with Gasteiger partial charge in [-0.1, -0.05) is 48.9 Å². The van der Waals surface area contributed by atoms with Crippen LogP contribution in [0.4, 0.5) is 0 Å². The number of hydrogen-bond donors (Lipinski definition) is 0. The van der Waals surface area contributed by atoms with Crippen molar-refractivity contribution >= 4 is 34.3 Å². The van der Waals surface area contributed by atoms with E-state index in [-0.39, 0.29) is 26.8 Å². The Bertz CT molecular complexity index is 670. The molecule has 3 nitrogen and oxygen atoms in total. The number of fused-ring (bicyclic) bond motifs is 5. The summed E-state index contributed by atoms with van der Waals surface area (Å²) in [4.78, 5) is 24.0. The second-order valence-electron chi connectivity index (χ2n) is 9.68. The summed E-state index contributed by atoms with van der Waals surface area (Å²) in [6.45, 7) is 8.66. The van der Waals surface area contributed by atoms with Crippen molar-refractivity contribution in [3.63, 3.8) is 0 Å². The Kier molecular flexibility index (Phi) is 4.60. The van der Waals surface area contributed by atoms with E-state index >= 15 is 0 Å². The Balaban J connectivity index is 1.67. The number of esters is 1. The molecule has 144 valence electrons. The van der Waals surface area contributed by atoms with Gasteiger partial charge in [-0.05, 0) is 73.7 Å². The third-order valence-electron chi connectivity index (χ3n) is 8.84. The van der Waals surface area contributed by atoms with Crippen molar-refractivity contribution < 1.29 is 14.3 Å². The number of ether oxygens (including phenoxy) is 1. The van der Waals surface area contributed by atoms with E-state index in [0.29, 0.717) is 29.5 Å². The lowest BCUT2D eigenvalue weighted by Gasteiger charge is -2.60. The Morgan fingerprint density at radius 3 is 2.62 bits per heavy atom. The van der Waals surface area contributed by atoms with Crippen LogP contribution in [0.3, 0.4) is 0 Å². The lowest BCUT2D eigenvalue weighted by Crippen LogP contribution is -2.55. The fraction of sp³-hybridized carbons (Fsp3) is 0.818. The fourth-order valence-electron chi connectivity index (χ4n) is 7.27. The summed E-state index contributed by atoms with van der Waals surface area (Å²) in [6.07, 6.45) is 8.92. The molecule has 3 saturated carbocycles. The lowest BCUT2D eigenvalue weighted by molar-refractivity contribution is -0.157. The van der Waals surface area contributed by atoms with Crippen LogP contribution < -0.4 is 0 Å². The zero-order valence-corrected chi connectivity index (χ0v) is 18.5. The maximum Gasteiger partial charge on any atom is 0.302 e. The normalized spacial score (nSPS) is 50.3. The van der Waals surface area contributed by atoms with Gasteiger partial charge in [0.05, 0.1) is 3.92 Å². The summed E-state index contributed by atoms with van der Waals surface area (Å²) in [5, 5.41) is 0. The second-order valence-corrected chi connectivity index (χ2v) is 11.0. The topological polar surface area (TPSA) is 43.4 Å². The number of allylic oxidation sites excluding steroid dienone is 1. The molecule has 0 aromatic carbocycles. The molecule has 26 heavy (non-hydrogen) atoms. The van der Waals surface area contributed by atoms with Crippen molar-refractivity contribution in [3.05, 3.63) is 11.6 Å². The van der Waals surface area contributed by atoms with E-state index in [1.807, 2.05) is 6.08 Å². The number of carbonyl (C=O) groups excluding carboxylic acids is 2. The van der Waals surface area contributed by atoms with Crippen LogP contribution in [0.1, 0.15) is 66.2 Å². The minimum Gasteiger partial charge on any atom is -0.462 e. The van der Waals surface area contributed by atoms with Crippen LogP contribution >= 0.6 is 22.6 Å². The predicted molar refractivity (Wildman–Crippen MR) is 110 cm³/mol. The number of rotatable bonds is 1. The third kappa shape index (κ3) is 2.49. The van der Waals surface area contributed by atoms with Gasteiger partial charge in [0.15, 0.2) is 5.78 Å². The van der Waals surface area contributed by atoms with Crippen molar-refractivity contribution in [2.75, 3.05) is 0 Å². The maximum atomic E-state index is 12.4. The molecule has 4 aliphatic rings. The van der Waals surface area contributed by atoms with Crippen LogP contribution in [0, 0.1) is 34.5 Å². The number of carbonyl (C=O) groups is 2. The molecule has 0 aromatic rings. The Morgan fingerprint density at radius 1 is 1.19 bits per heavy atom. The first-order valence-corrected chi connectivity index (χ1v) is 11.5. The monoisotopic (exact) mass is 470 g/mol. The Hall–Kier alpha value is -0.390. The molecular formula is C22H31IO3. The van der Waals surface area contributed by atoms with Gasteiger partial charge in [0.2, 0.25) is 0 Å². The first-order chi connectivity index (χ1) is 12.2. The molecule has 4 rings (SSSR count). The average Bonchev–Trinajstić information content (AvgIpc) is 2.91. The molecule has 0 aromatic heterocycles. The van der Waals surface area contributed by atoms with Crippen LogP contribution in [-0.4, -0.2) is 21.8 Å². The van der Waals surface area contributed by atoms with E-state index in [2.05, 4.69) is 43.4 Å². The largest absolute Gasteiger partial charge is 0.462 e. The van der Waals surface area contributed by atoms with E-state index < -0.39 is 0 Å². The molecule has 0 bridgehead atoms. The van der Waals surface area contributed by atoms with Crippen LogP contribution in [0.2, 0.25) is 0 Å². The minimum atomic E-state index is -0.132. The number of ketones is 1. The van der Waals surface area contributed by atoms with E-state index in [9.17, 15) is 9.59 Å². The van der Waals surface area contributed by atoms with Crippen molar-refractivity contribution in [3.8, 4) is 0 Å². The molecule has 0 radical (unpaired) electrons. The van der Waals surface area contributed by atoms with Crippen LogP contribution in [0.15, 0.2) is 11.6 Å². The predicted octanol–water partition coefficient (Wildman–Crippen LogP) is 5.11. The zero-order valence-electron chi connectivity index (χ0n) is 16.4. The third-order valence-corrected chi connectivity index (χ3v) is 10.5. The zero-order chi connectivity index (χ0) is 18.9. The van der Waals surface area contributed by atoms with Gasteiger partial charge in [-0.15, -0.1) is 0 Å². The molecule has 0 spiro atoms. The molecule has 4 heteroatoms. The molecule has 0 amide bonds. The highest BCUT2D eigenvalue weighted by Gasteiger charge is 2.61. The molecule has 1 unspecified atom stereocenters. The molecule has 0 N–H and O–H groups in total. The van der Waals surface area contributed by atoms with Crippen LogP contribution in [0.5, 0.6) is 0 Å². The molecule has 3 fully saturated rings. The van der Waals surface area contributed by atoms with E-state index in [0.717, 1.165) is 19.3 Å². The minimum absolute atomic E-state index is 0.0957. The summed E-state index contributed by atoms with van der Waals surface area (Å²) in [6, 6.07) is 0. The molecular weight excluding hydrogens is 439 g/mol.